The second-order valence-electron chi connectivity index (χ2n) is 3.72. The first kappa shape index (κ1) is 14.2. The molecule has 0 saturated heterocycles. The first-order valence-electron chi connectivity index (χ1n) is 5.19. The van der Waals surface area contributed by atoms with Gasteiger partial charge in [-0.1, -0.05) is 19.1 Å². The third kappa shape index (κ3) is 3.09. The number of hydrogen-bond donors (Lipinski definition) is 0. The van der Waals surface area contributed by atoms with Crippen molar-refractivity contribution in [3.63, 3.8) is 0 Å². The summed E-state index contributed by atoms with van der Waals surface area (Å²) in [5.41, 5.74) is -0.959. The Morgan fingerprint density at radius 2 is 1.72 bits per heavy atom. The minimum absolute atomic E-state index is 0.0299. The number of carbonyl (C=O) groups is 2. The Labute approximate surface area is 101 Å². The van der Waals surface area contributed by atoms with Crippen molar-refractivity contribution in [2.75, 3.05) is 0 Å². The molecule has 0 radical (unpaired) electrons. The molecule has 0 bridgehead atoms. The number of halogens is 3. The molecule has 0 amide bonds. The zero-order chi connectivity index (χ0) is 13.9. The Bertz CT molecular complexity index is 449. The van der Waals surface area contributed by atoms with Gasteiger partial charge in [-0.25, -0.2) is 0 Å². The number of alkyl halides is 3. The number of rotatable bonds is 4. The molecule has 0 aromatic heterocycles. The molecule has 0 heterocycles. The Morgan fingerprint density at radius 1 is 1.22 bits per heavy atom. The van der Waals surface area contributed by atoms with Crippen molar-refractivity contribution in [2.24, 2.45) is 5.92 Å². The Morgan fingerprint density at radius 3 is 2.06 bits per heavy atom. The van der Waals surface area contributed by atoms with E-state index in [2.05, 4.69) is 0 Å². The van der Waals surface area contributed by atoms with Crippen LogP contribution in [-0.2, 0) is 11.0 Å². The van der Waals surface area contributed by atoms with Crippen LogP contribution in [0.4, 0.5) is 13.2 Å². The smallest absolute Gasteiger partial charge is 0.416 e. The minimum Gasteiger partial charge on any atom is -0.549 e. The summed E-state index contributed by atoms with van der Waals surface area (Å²) in [6.45, 7) is 1.49. The van der Waals surface area contributed by atoms with E-state index in [0.29, 0.717) is 0 Å². The summed E-state index contributed by atoms with van der Waals surface area (Å²) in [6, 6.07) is 3.43. The molecule has 98 valence electrons. The molecule has 1 aromatic carbocycles. The quantitative estimate of drug-likeness (QED) is 0.610. The van der Waals surface area contributed by atoms with E-state index in [1.807, 2.05) is 0 Å². The van der Waals surface area contributed by atoms with Crippen molar-refractivity contribution in [3.8, 4) is 0 Å². The van der Waals surface area contributed by atoms with E-state index in [-0.39, 0.29) is 12.0 Å². The van der Waals surface area contributed by atoms with E-state index in [9.17, 15) is 27.9 Å². The fraction of sp³-hybridized carbons (Fsp3) is 0.333. The number of hydrogen-bond acceptors (Lipinski definition) is 3. The summed E-state index contributed by atoms with van der Waals surface area (Å²) in [7, 11) is 0. The van der Waals surface area contributed by atoms with Crippen LogP contribution in [0.15, 0.2) is 24.3 Å². The highest BCUT2D eigenvalue weighted by Gasteiger charge is 2.30. The Balaban J connectivity index is 2.99. The molecule has 18 heavy (non-hydrogen) atoms. The lowest BCUT2D eigenvalue weighted by Gasteiger charge is -2.15. The van der Waals surface area contributed by atoms with Crippen LogP contribution in [0, 0.1) is 5.92 Å². The van der Waals surface area contributed by atoms with Crippen LogP contribution in [-0.4, -0.2) is 11.8 Å². The van der Waals surface area contributed by atoms with Crippen LogP contribution in [0.25, 0.3) is 0 Å². The third-order valence-electron chi connectivity index (χ3n) is 2.51. The lowest BCUT2D eigenvalue weighted by molar-refractivity contribution is -0.309. The average molecular weight is 259 g/mol. The second kappa shape index (κ2) is 5.20. The topological polar surface area (TPSA) is 57.2 Å². The molecule has 1 aromatic rings. The molecule has 0 aliphatic heterocycles. The molecule has 0 fully saturated rings. The zero-order valence-corrected chi connectivity index (χ0v) is 9.45. The fourth-order valence-electron chi connectivity index (χ4n) is 1.48. The summed E-state index contributed by atoms with van der Waals surface area (Å²) >= 11 is 0. The number of carboxylic acids is 1. The molecule has 1 unspecified atom stereocenters. The Kier molecular flexibility index (Phi) is 4.11. The van der Waals surface area contributed by atoms with Crippen molar-refractivity contribution in [1.82, 2.24) is 0 Å². The van der Waals surface area contributed by atoms with Crippen LogP contribution >= 0.6 is 0 Å². The molecule has 0 aliphatic carbocycles. The number of ketones is 1. The Hall–Kier alpha value is -1.85. The van der Waals surface area contributed by atoms with E-state index >= 15 is 0 Å². The molecule has 6 heteroatoms. The monoisotopic (exact) mass is 259 g/mol. The minimum atomic E-state index is -4.49. The SMILES string of the molecule is CCC(C(=O)[O-])C(=O)c1ccc(C(F)(F)F)cc1. The summed E-state index contributed by atoms with van der Waals surface area (Å²) in [5, 5.41) is 10.7. The van der Waals surface area contributed by atoms with Gasteiger partial charge in [0.1, 0.15) is 0 Å². The number of benzene rings is 1. The van der Waals surface area contributed by atoms with Crippen molar-refractivity contribution >= 4 is 11.8 Å². The van der Waals surface area contributed by atoms with Gasteiger partial charge in [0, 0.05) is 5.56 Å². The highest BCUT2D eigenvalue weighted by Crippen LogP contribution is 2.29. The standard InChI is InChI=1S/C12H11F3O3/c1-2-9(11(17)18)10(16)7-3-5-8(6-4-7)12(13,14)15/h3-6,9H,2H2,1H3,(H,17,18)/p-1. The van der Waals surface area contributed by atoms with E-state index in [1.165, 1.54) is 6.92 Å². The fourth-order valence-corrected chi connectivity index (χ4v) is 1.48. The third-order valence-corrected chi connectivity index (χ3v) is 2.51. The van der Waals surface area contributed by atoms with Crippen LogP contribution in [0.3, 0.4) is 0 Å². The highest BCUT2D eigenvalue weighted by atomic mass is 19.4. The molecule has 0 spiro atoms. The highest BCUT2D eigenvalue weighted by molar-refractivity contribution is 6.07. The number of carbonyl (C=O) groups excluding carboxylic acids is 2. The number of carboxylic acid groups (broad SMARTS) is 1. The lowest BCUT2D eigenvalue weighted by atomic mass is 9.95. The molecule has 0 N–H and O–H groups in total. The number of Topliss-reactive ketones (excluding diaryl/α,β-unsaturated/α-hetero) is 1. The zero-order valence-electron chi connectivity index (χ0n) is 9.45. The summed E-state index contributed by atoms with van der Waals surface area (Å²) in [5.74, 6) is -3.60. The van der Waals surface area contributed by atoms with Crippen LogP contribution in [0.2, 0.25) is 0 Å². The van der Waals surface area contributed by atoms with Gasteiger partial charge in [-0.05, 0) is 18.6 Å². The molecular formula is C12H10F3O3-. The van der Waals surface area contributed by atoms with Gasteiger partial charge >= 0.3 is 6.18 Å². The van der Waals surface area contributed by atoms with E-state index < -0.39 is 29.4 Å². The number of aliphatic carboxylic acids is 1. The van der Waals surface area contributed by atoms with Gasteiger partial charge in [0.25, 0.3) is 0 Å². The summed E-state index contributed by atoms with van der Waals surface area (Å²) < 4.78 is 36.9. The van der Waals surface area contributed by atoms with Gasteiger partial charge in [0.05, 0.1) is 17.5 Å². The maximum absolute atomic E-state index is 12.3. The summed E-state index contributed by atoms with van der Waals surface area (Å²) in [6.07, 6.45) is -4.46. The van der Waals surface area contributed by atoms with Crippen LogP contribution < -0.4 is 5.11 Å². The summed E-state index contributed by atoms with van der Waals surface area (Å²) in [4.78, 5) is 22.3. The van der Waals surface area contributed by atoms with Gasteiger partial charge < -0.3 is 9.90 Å². The van der Waals surface area contributed by atoms with Gasteiger partial charge in [-0.3, -0.25) is 4.79 Å². The predicted molar refractivity (Wildman–Crippen MR) is 54.6 cm³/mol. The van der Waals surface area contributed by atoms with E-state index in [4.69, 9.17) is 0 Å². The van der Waals surface area contributed by atoms with E-state index in [0.717, 1.165) is 24.3 Å². The van der Waals surface area contributed by atoms with Crippen molar-refractivity contribution in [1.29, 1.82) is 0 Å². The van der Waals surface area contributed by atoms with Crippen molar-refractivity contribution < 1.29 is 27.9 Å². The van der Waals surface area contributed by atoms with Crippen molar-refractivity contribution in [2.45, 2.75) is 19.5 Å². The van der Waals surface area contributed by atoms with Crippen LogP contribution in [0.5, 0.6) is 0 Å². The van der Waals surface area contributed by atoms with Gasteiger partial charge in [0.2, 0.25) is 0 Å². The maximum Gasteiger partial charge on any atom is 0.416 e. The molecule has 0 aliphatic rings. The average Bonchev–Trinajstić information content (AvgIpc) is 2.28. The molecule has 1 atom stereocenters. The van der Waals surface area contributed by atoms with Gasteiger partial charge in [0.15, 0.2) is 5.78 Å². The molecule has 0 saturated carbocycles. The second-order valence-corrected chi connectivity index (χ2v) is 3.72. The van der Waals surface area contributed by atoms with Gasteiger partial charge in [-0.15, -0.1) is 0 Å². The largest absolute Gasteiger partial charge is 0.549 e. The van der Waals surface area contributed by atoms with Crippen molar-refractivity contribution in [3.05, 3.63) is 35.4 Å². The molecular weight excluding hydrogens is 249 g/mol. The predicted octanol–water partition coefficient (Wildman–Crippen LogP) is 1.66. The van der Waals surface area contributed by atoms with Gasteiger partial charge in [-0.2, -0.15) is 13.2 Å². The normalized spacial score (nSPS) is 13.1. The lowest BCUT2D eigenvalue weighted by Crippen LogP contribution is -2.36. The first-order valence-corrected chi connectivity index (χ1v) is 5.19. The van der Waals surface area contributed by atoms with Crippen LogP contribution in [0.1, 0.15) is 29.3 Å². The molecule has 3 nitrogen and oxygen atoms in total. The first-order chi connectivity index (χ1) is 8.27. The van der Waals surface area contributed by atoms with E-state index in [1.54, 1.807) is 0 Å². The molecule has 1 rings (SSSR count). The maximum atomic E-state index is 12.3.